The number of nitrogens with zero attached hydrogens (tertiary/aromatic N) is 4. The lowest BCUT2D eigenvalue weighted by Crippen LogP contribution is -2.44. The molecule has 0 aliphatic heterocycles. The molecule has 2 N–H and O–H groups in total. The Bertz CT molecular complexity index is 991. The predicted octanol–water partition coefficient (Wildman–Crippen LogP) is 1.70. The molecule has 1 aromatic carbocycles. The number of benzene rings is 1. The Morgan fingerprint density at radius 2 is 1.93 bits per heavy atom. The molecule has 0 radical (unpaired) electrons. The molecular formula is C17H21Cl2N5O5S. The van der Waals surface area contributed by atoms with Crippen molar-refractivity contribution < 1.29 is 23.1 Å². The van der Waals surface area contributed by atoms with Crippen molar-refractivity contribution in [3.05, 3.63) is 39.6 Å². The van der Waals surface area contributed by atoms with Gasteiger partial charge in [0.15, 0.2) is 11.6 Å². The van der Waals surface area contributed by atoms with Crippen molar-refractivity contribution in [3.8, 4) is 0 Å². The quantitative estimate of drug-likeness (QED) is 0.469. The number of aliphatic carboxylic acids is 1. The number of unbranched alkanes of at least 4 members (excludes halogenated alkanes) is 1. The number of halogens is 2. The molecule has 0 bridgehead atoms. The average molecular weight is 478 g/mol. The number of carboxylic acids is 1. The maximum atomic E-state index is 12.5. The van der Waals surface area contributed by atoms with Gasteiger partial charge in [-0.05, 0) is 29.3 Å². The van der Waals surface area contributed by atoms with Crippen LogP contribution in [0.4, 0.5) is 0 Å². The first-order valence-electron chi connectivity index (χ1n) is 9.05. The van der Waals surface area contributed by atoms with Crippen molar-refractivity contribution in [2.75, 3.05) is 5.75 Å². The van der Waals surface area contributed by atoms with Gasteiger partial charge in [-0.1, -0.05) is 42.6 Å². The first-order valence-corrected chi connectivity index (χ1v) is 11.5. The number of nitrogens with one attached hydrogen (secondary N) is 1. The SMILES string of the molecule is CCCCS(=O)(=O)NC(CC(=O)O)C(=O)Cn1nnc(Cc2c(Cl)cccc2Cl)n1. The molecule has 30 heavy (non-hydrogen) atoms. The van der Waals surface area contributed by atoms with Gasteiger partial charge in [-0.2, -0.15) is 4.80 Å². The number of sulfonamides is 1. The molecule has 0 spiro atoms. The van der Waals surface area contributed by atoms with Crippen LogP contribution in [-0.2, 0) is 32.6 Å². The van der Waals surface area contributed by atoms with E-state index in [2.05, 4.69) is 20.1 Å². The molecule has 0 aliphatic rings. The first-order chi connectivity index (χ1) is 14.1. The van der Waals surface area contributed by atoms with Gasteiger partial charge in [-0.15, -0.1) is 10.2 Å². The van der Waals surface area contributed by atoms with Crippen LogP contribution in [0.5, 0.6) is 0 Å². The molecule has 164 valence electrons. The molecule has 0 aliphatic carbocycles. The molecule has 1 aromatic heterocycles. The summed E-state index contributed by atoms with van der Waals surface area (Å²) in [5, 5.41) is 21.6. The highest BCUT2D eigenvalue weighted by atomic mass is 35.5. The van der Waals surface area contributed by atoms with E-state index in [0.717, 1.165) is 4.80 Å². The second-order valence-electron chi connectivity index (χ2n) is 6.52. The van der Waals surface area contributed by atoms with Gasteiger partial charge in [-0.25, -0.2) is 13.1 Å². The van der Waals surface area contributed by atoms with Gasteiger partial charge in [0, 0.05) is 16.5 Å². The third-order valence-corrected chi connectivity index (χ3v) is 6.22. The maximum Gasteiger partial charge on any atom is 0.305 e. The average Bonchev–Trinajstić information content (AvgIpc) is 3.09. The van der Waals surface area contributed by atoms with Gasteiger partial charge in [0.2, 0.25) is 10.0 Å². The molecule has 0 saturated carbocycles. The fraction of sp³-hybridized carbons (Fsp3) is 0.471. The van der Waals surface area contributed by atoms with Crippen molar-refractivity contribution >= 4 is 45.0 Å². The second-order valence-corrected chi connectivity index (χ2v) is 9.21. The van der Waals surface area contributed by atoms with Crippen LogP contribution in [0.2, 0.25) is 10.0 Å². The van der Waals surface area contributed by atoms with E-state index >= 15 is 0 Å². The zero-order valence-corrected chi connectivity index (χ0v) is 18.4. The van der Waals surface area contributed by atoms with Gasteiger partial charge in [0.25, 0.3) is 0 Å². The lowest BCUT2D eigenvalue weighted by molar-refractivity contribution is -0.139. The number of aromatic nitrogens is 4. The normalized spacial score (nSPS) is 12.6. The first kappa shape index (κ1) is 24.2. The highest BCUT2D eigenvalue weighted by Gasteiger charge is 2.27. The van der Waals surface area contributed by atoms with E-state index in [9.17, 15) is 18.0 Å². The Morgan fingerprint density at radius 1 is 1.27 bits per heavy atom. The standard InChI is InChI=1S/C17H21Cl2N5O5S/c1-2-3-7-30(28,29)22-14(9-17(26)27)15(25)10-24-21-16(20-23-24)8-11-12(18)5-4-6-13(11)19/h4-6,14,22H,2-3,7-10H2,1H3,(H,26,27). The lowest BCUT2D eigenvalue weighted by atomic mass is 10.1. The minimum atomic E-state index is -3.80. The van der Waals surface area contributed by atoms with Crippen LogP contribution in [0.25, 0.3) is 0 Å². The highest BCUT2D eigenvalue weighted by molar-refractivity contribution is 7.89. The topological polar surface area (TPSA) is 144 Å². The lowest BCUT2D eigenvalue weighted by Gasteiger charge is -2.15. The van der Waals surface area contributed by atoms with Gasteiger partial charge >= 0.3 is 5.97 Å². The molecule has 0 saturated heterocycles. The van der Waals surface area contributed by atoms with E-state index < -0.39 is 40.8 Å². The van der Waals surface area contributed by atoms with E-state index in [-0.39, 0.29) is 18.0 Å². The minimum Gasteiger partial charge on any atom is -0.481 e. The summed E-state index contributed by atoms with van der Waals surface area (Å²) < 4.78 is 26.3. The van der Waals surface area contributed by atoms with E-state index in [1.54, 1.807) is 18.2 Å². The van der Waals surface area contributed by atoms with Crippen LogP contribution in [0.3, 0.4) is 0 Å². The smallest absolute Gasteiger partial charge is 0.305 e. The number of Topliss-reactive ketones (excluding diaryl/α,β-unsaturated/α-hetero) is 1. The number of carbonyl (C=O) groups is 2. The molecule has 13 heteroatoms. The van der Waals surface area contributed by atoms with Gasteiger partial charge in [0.1, 0.15) is 6.54 Å². The molecule has 1 unspecified atom stereocenters. The number of carbonyl (C=O) groups excluding carboxylic acids is 1. The van der Waals surface area contributed by atoms with Crippen molar-refractivity contribution in [2.45, 2.75) is 45.2 Å². The summed E-state index contributed by atoms with van der Waals surface area (Å²) in [6, 6.07) is 3.59. The molecule has 1 atom stereocenters. The Kier molecular flexibility index (Phi) is 8.71. The molecular weight excluding hydrogens is 457 g/mol. The summed E-state index contributed by atoms with van der Waals surface area (Å²) in [7, 11) is -3.80. The van der Waals surface area contributed by atoms with Gasteiger partial charge in [-0.3, -0.25) is 9.59 Å². The molecule has 10 nitrogen and oxygen atoms in total. The van der Waals surface area contributed by atoms with Crippen molar-refractivity contribution in [3.63, 3.8) is 0 Å². The van der Waals surface area contributed by atoms with E-state index in [1.807, 2.05) is 6.92 Å². The summed E-state index contributed by atoms with van der Waals surface area (Å²) in [5.74, 6) is -1.96. The Labute approximate surface area is 183 Å². The Morgan fingerprint density at radius 3 is 2.53 bits per heavy atom. The summed E-state index contributed by atoms with van der Waals surface area (Å²) in [6.45, 7) is 1.37. The summed E-state index contributed by atoms with van der Waals surface area (Å²) in [5.41, 5.74) is 0.596. The predicted molar refractivity (Wildman–Crippen MR) is 110 cm³/mol. The van der Waals surface area contributed by atoms with E-state index in [1.165, 1.54) is 0 Å². The van der Waals surface area contributed by atoms with E-state index in [4.69, 9.17) is 28.3 Å². The Hall–Kier alpha value is -2.08. The third kappa shape index (κ3) is 7.31. The number of hydrogen-bond acceptors (Lipinski definition) is 7. The summed E-state index contributed by atoms with van der Waals surface area (Å²) in [6.07, 6.45) is 0.511. The fourth-order valence-electron chi connectivity index (χ4n) is 2.53. The molecule has 0 fully saturated rings. The fourth-order valence-corrected chi connectivity index (χ4v) is 4.49. The second kappa shape index (κ2) is 10.8. The summed E-state index contributed by atoms with van der Waals surface area (Å²) >= 11 is 12.2. The summed E-state index contributed by atoms with van der Waals surface area (Å²) in [4.78, 5) is 24.6. The zero-order valence-electron chi connectivity index (χ0n) is 16.1. The molecule has 0 amide bonds. The molecule has 2 aromatic rings. The zero-order chi connectivity index (χ0) is 22.3. The minimum absolute atomic E-state index is 0.175. The van der Waals surface area contributed by atoms with Crippen molar-refractivity contribution in [2.24, 2.45) is 0 Å². The monoisotopic (exact) mass is 477 g/mol. The number of ketones is 1. The molecule has 2 rings (SSSR count). The number of carboxylic acid groups (broad SMARTS) is 1. The van der Waals surface area contributed by atoms with Crippen molar-refractivity contribution in [1.82, 2.24) is 24.9 Å². The number of tetrazole rings is 1. The molecule has 1 heterocycles. The Balaban J connectivity index is 2.09. The van der Waals surface area contributed by atoms with Crippen LogP contribution < -0.4 is 4.72 Å². The highest BCUT2D eigenvalue weighted by Crippen LogP contribution is 2.25. The van der Waals surface area contributed by atoms with Crippen molar-refractivity contribution in [1.29, 1.82) is 0 Å². The maximum absolute atomic E-state index is 12.5. The van der Waals surface area contributed by atoms with Crippen LogP contribution in [0, 0.1) is 0 Å². The number of hydrogen-bond donors (Lipinski definition) is 2. The van der Waals surface area contributed by atoms with Crippen LogP contribution in [0.15, 0.2) is 18.2 Å². The van der Waals surface area contributed by atoms with Crippen LogP contribution in [0.1, 0.15) is 37.6 Å². The van der Waals surface area contributed by atoms with Gasteiger partial charge < -0.3 is 5.11 Å². The van der Waals surface area contributed by atoms with E-state index in [0.29, 0.717) is 28.5 Å². The largest absolute Gasteiger partial charge is 0.481 e. The number of rotatable bonds is 12. The third-order valence-electron chi connectivity index (χ3n) is 4.04. The van der Waals surface area contributed by atoms with Gasteiger partial charge in [0.05, 0.1) is 18.2 Å². The van der Waals surface area contributed by atoms with Crippen LogP contribution >= 0.6 is 23.2 Å². The van der Waals surface area contributed by atoms with Crippen LogP contribution in [-0.4, -0.2) is 57.3 Å².